The van der Waals surface area contributed by atoms with Crippen molar-refractivity contribution in [3.8, 4) is 0 Å². The number of hydrogen-bond donors (Lipinski definition) is 2. The van der Waals surface area contributed by atoms with Gasteiger partial charge in [0.15, 0.2) is 9.84 Å². The summed E-state index contributed by atoms with van der Waals surface area (Å²) in [6.45, 7) is 3.17. The molecular weight excluding hydrogens is 352 g/mol. The smallest absolute Gasteiger partial charge is 0.309 e. The van der Waals surface area contributed by atoms with Crippen LogP contribution in [-0.4, -0.2) is 32.8 Å². The molecule has 9 heteroatoms. The normalized spacial score (nSPS) is 12.8. The van der Waals surface area contributed by atoms with Crippen molar-refractivity contribution in [1.29, 1.82) is 0 Å². The molecule has 0 aliphatic heterocycles. The molecule has 2 aromatic heterocycles. The summed E-state index contributed by atoms with van der Waals surface area (Å²) in [4.78, 5) is 23.5. The zero-order valence-corrected chi connectivity index (χ0v) is 14.8. The Morgan fingerprint density at radius 1 is 1.21 bits per heavy atom. The Bertz CT molecular complexity index is 780. The number of carbonyl (C=O) groups excluding carboxylic acids is 2. The monoisotopic (exact) mass is 370 g/mol. The molecule has 2 aromatic rings. The fourth-order valence-corrected chi connectivity index (χ4v) is 4.79. The van der Waals surface area contributed by atoms with Gasteiger partial charge in [0.2, 0.25) is 0 Å². The maximum atomic E-state index is 12.8. The molecule has 0 fully saturated rings. The molecular formula is C15H18N2O5S2. The number of amides is 2. The van der Waals surface area contributed by atoms with E-state index >= 15 is 0 Å². The molecule has 0 aliphatic carbocycles. The molecule has 0 aliphatic rings. The highest BCUT2D eigenvalue weighted by molar-refractivity contribution is 7.93. The van der Waals surface area contributed by atoms with Crippen molar-refractivity contribution >= 4 is 33.0 Å². The summed E-state index contributed by atoms with van der Waals surface area (Å²) < 4.78 is 30.9. The zero-order chi connectivity index (χ0) is 17.7. The van der Waals surface area contributed by atoms with E-state index in [4.69, 9.17) is 4.42 Å². The second kappa shape index (κ2) is 7.63. The summed E-state index contributed by atoms with van der Waals surface area (Å²) in [5.41, 5.74) is 0. The van der Waals surface area contributed by atoms with Crippen LogP contribution in [0.3, 0.4) is 0 Å². The number of rotatable bonds is 6. The third-order valence-corrected chi connectivity index (χ3v) is 6.58. The van der Waals surface area contributed by atoms with Crippen molar-refractivity contribution in [3.05, 3.63) is 41.7 Å². The van der Waals surface area contributed by atoms with Crippen LogP contribution >= 0.6 is 11.3 Å². The SMILES string of the molecule is CC(C)NC(=O)C(=O)NC[C@H](c1ccco1)S(=O)(=O)c1cccs1. The predicted molar refractivity (Wildman–Crippen MR) is 89.2 cm³/mol. The highest BCUT2D eigenvalue weighted by Crippen LogP contribution is 2.31. The number of hydrogen-bond acceptors (Lipinski definition) is 6. The van der Waals surface area contributed by atoms with Crippen LogP contribution in [0.1, 0.15) is 24.9 Å². The van der Waals surface area contributed by atoms with Gasteiger partial charge in [0.25, 0.3) is 0 Å². The molecule has 0 saturated carbocycles. The highest BCUT2D eigenvalue weighted by atomic mass is 32.2. The number of furan rings is 1. The van der Waals surface area contributed by atoms with E-state index in [9.17, 15) is 18.0 Å². The van der Waals surface area contributed by atoms with Gasteiger partial charge in [0.1, 0.15) is 15.2 Å². The van der Waals surface area contributed by atoms with Crippen molar-refractivity contribution in [3.63, 3.8) is 0 Å². The molecule has 2 amide bonds. The number of thiophene rings is 1. The van der Waals surface area contributed by atoms with E-state index < -0.39 is 26.9 Å². The number of carbonyl (C=O) groups is 2. The number of nitrogens with one attached hydrogen (secondary N) is 2. The molecule has 2 rings (SSSR count). The average molecular weight is 370 g/mol. The van der Waals surface area contributed by atoms with Crippen molar-refractivity contribution in [1.82, 2.24) is 10.6 Å². The van der Waals surface area contributed by atoms with E-state index in [1.54, 1.807) is 31.4 Å². The Kier molecular flexibility index (Phi) is 5.79. The summed E-state index contributed by atoms with van der Waals surface area (Å²) in [5, 5.41) is 5.35. The van der Waals surface area contributed by atoms with Crippen LogP contribution in [-0.2, 0) is 19.4 Å². The van der Waals surface area contributed by atoms with Gasteiger partial charge in [-0.3, -0.25) is 9.59 Å². The van der Waals surface area contributed by atoms with Gasteiger partial charge in [-0.1, -0.05) is 6.07 Å². The lowest BCUT2D eigenvalue weighted by atomic mass is 10.3. The van der Waals surface area contributed by atoms with Crippen molar-refractivity contribution < 1.29 is 22.4 Å². The summed E-state index contributed by atoms with van der Waals surface area (Å²) in [6.07, 6.45) is 1.36. The Morgan fingerprint density at radius 2 is 1.96 bits per heavy atom. The van der Waals surface area contributed by atoms with Crippen LogP contribution in [0.5, 0.6) is 0 Å². The maximum Gasteiger partial charge on any atom is 0.309 e. The molecule has 1 atom stereocenters. The first-order chi connectivity index (χ1) is 11.3. The Morgan fingerprint density at radius 3 is 2.50 bits per heavy atom. The van der Waals surface area contributed by atoms with Crippen molar-refractivity contribution in [2.45, 2.75) is 29.3 Å². The third kappa shape index (κ3) is 4.24. The van der Waals surface area contributed by atoms with E-state index in [0.29, 0.717) is 0 Å². The summed E-state index contributed by atoms with van der Waals surface area (Å²) >= 11 is 1.08. The third-order valence-electron chi connectivity index (χ3n) is 3.08. The molecule has 7 nitrogen and oxygen atoms in total. The lowest BCUT2D eigenvalue weighted by molar-refractivity contribution is -0.139. The van der Waals surface area contributed by atoms with Gasteiger partial charge >= 0.3 is 11.8 Å². The molecule has 0 bridgehead atoms. The minimum atomic E-state index is -3.75. The van der Waals surface area contributed by atoms with Gasteiger partial charge in [-0.2, -0.15) is 0 Å². The van der Waals surface area contributed by atoms with Gasteiger partial charge in [-0.05, 0) is 37.4 Å². The summed E-state index contributed by atoms with van der Waals surface area (Å²) in [7, 11) is -3.75. The van der Waals surface area contributed by atoms with Crippen LogP contribution in [0.25, 0.3) is 0 Å². The van der Waals surface area contributed by atoms with Gasteiger partial charge in [0.05, 0.1) is 6.26 Å². The Hall–Kier alpha value is -2.13. The molecule has 24 heavy (non-hydrogen) atoms. The van der Waals surface area contributed by atoms with E-state index in [-0.39, 0.29) is 22.6 Å². The lowest BCUT2D eigenvalue weighted by Crippen LogP contribution is -2.44. The van der Waals surface area contributed by atoms with Crippen LogP contribution in [0.4, 0.5) is 0 Å². The van der Waals surface area contributed by atoms with Crippen LogP contribution in [0.15, 0.2) is 44.5 Å². The molecule has 2 N–H and O–H groups in total. The minimum Gasteiger partial charge on any atom is -0.468 e. The van der Waals surface area contributed by atoms with E-state index in [2.05, 4.69) is 10.6 Å². The van der Waals surface area contributed by atoms with Crippen molar-refractivity contribution in [2.75, 3.05) is 6.54 Å². The van der Waals surface area contributed by atoms with E-state index in [1.807, 2.05) is 0 Å². The highest BCUT2D eigenvalue weighted by Gasteiger charge is 2.33. The average Bonchev–Trinajstić information content (AvgIpc) is 3.20. The van der Waals surface area contributed by atoms with Gasteiger partial charge in [-0.15, -0.1) is 11.3 Å². The van der Waals surface area contributed by atoms with Gasteiger partial charge in [-0.25, -0.2) is 8.42 Å². The molecule has 2 heterocycles. The fraction of sp³-hybridized carbons (Fsp3) is 0.333. The Balaban J connectivity index is 2.17. The van der Waals surface area contributed by atoms with Crippen LogP contribution in [0, 0.1) is 0 Å². The lowest BCUT2D eigenvalue weighted by Gasteiger charge is -2.16. The fourth-order valence-electron chi connectivity index (χ4n) is 2.00. The first kappa shape index (κ1) is 18.2. The molecule has 0 aromatic carbocycles. The largest absolute Gasteiger partial charge is 0.468 e. The molecule has 0 radical (unpaired) electrons. The summed E-state index contributed by atoms with van der Waals surface area (Å²) in [5.74, 6) is -1.49. The zero-order valence-electron chi connectivity index (χ0n) is 13.2. The van der Waals surface area contributed by atoms with Gasteiger partial charge in [0, 0.05) is 12.6 Å². The van der Waals surface area contributed by atoms with Gasteiger partial charge < -0.3 is 15.1 Å². The molecule has 0 spiro atoms. The molecule has 0 saturated heterocycles. The molecule has 130 valence electrons. The van der Waals surface area contributed by atoms with E-state index in [0.717, 1.165) is 11.3 Å². The number of sulfone groups is 1. The minimum absolute atomic E-state index is 0.171. The standard InChI is InChI=1S/C15H18N2O5S2/c1-10(2)17-15(19)14(18)16-9-12(11-5-3-7-22-11)24(20,21)13-6-4-8-23-13/h3-8,10,12H,9H2,1-2H3,(H,16,18)(H,17,19)/t12-/m1/s1. The first-order valence-electron chi connectivity index (χ1n) is 7.22. The maximum absolute atomic E-state index is 12.8. The van der Waals surface area contributed by atoms with Crippen LogP contribution < -0.4 is 10.6 Å². The van der Waals surface area contributed by atoms with Crippen LogP contribution in [0.2, 0.25) is 0 Å². The van der Waals surface area contributed by atoms with Crippen molar-refractivity contribution in [2.24, 2.45) is 0 Å². The summed E-state index contributed by atoms with van der Waals surface area (Å²) in [6, 6.07) is 6.02. The molecule has 0 unspecified atom stereocenters. The quantitative estimate of drug-likeness (QED) is 0.750. The predicted octanol–water partition coefficient (Wildman–Crippen LogP) is 1.50. The second-order valence-electron chi connectivity index (χ2n) is 5.32. The van der Waals surface area contributed by atoms with E-state index in [1.165, 1.54) is 18.4 Å². The Labute approximate surface area is 144 Å². The first-order valence-corrected chi connectivity index (χ1v) is 9.64. The second-order valence-corrected chi connectivity index (χ2v) is 8.62. The topological polar surface area (TPSA) is 105 Å².